The van der Waals surface area contributed by atoms with Gasteiger partial charge in [-0.2, -0.15) is 10.2 Å². The monoisotopic (exact) mass is 371 g/mol. The van der Waals surface area contributed by atoms with Gasteiger partial charge in [0.2, 0.25) is 0 Å². The SMILES string of the molecule is Cn1ncc(-c2ccc3c(=O)[nH]nc(CN)c3c2)c1-c1cc2ccccc2o1. The third kappa shape index (κ3) is 2.44. The quantitative estimate of drug-likeness (QED) is 0.507. The number of aryl methyl sites for hydroxylation is 1. The van der Waals surface area contributed by atoms with Crippen LogP contribution in [0.5, 0.6) is 0 Å². The molecule has 0 aliphatic heterocycles. The van der Waals surface area contributed by atoms with Crippen LogP contribution in [0.25, 0.3) is 44.3 Å². The van der Waals surface area contributed by atoms with E-state index in [1.807, 2.05) is 49.5 Å². The minimum Gasteiger partial charge on any atom is -0.454 e. The topological polar surface area (TPSA) is 103 Å². The fraction of sp³-hybridized carbons (Fsp3) is 0.0952. The van der Waals surface area contributed by atoms with E-state index >= 15 is 0 Å². The summed E-state index contributed by atoms with van der Waals surface area (Å²) >= 11 is 0. The van der Waals surface area contributed by atoms with E-state index in [4.69, 9.17) is 10.2 Å². The number of nitrogens with two attached hydrogens (primary N) is 1. The van der Waals surface area contributed by atoms with Crippen molar-refractivity contribution in [3.05, 3.63) is 70.8 Å². The second-order valence-electron chi connectivity index (χ2n) is 6.64. The minimum absolute atomic E-state index is 0.234. The number of aromatic nitrogens is 4. The molecule has 0 saturated carbocycles. The molecule has 0 aliphatic carbocycles. The van der Waals surface area contributed by atoms with E-state index < -0.39 is 0 Å². The second kappa shape index (κ2) is 6.17. The number of H-pyrrole nitrogens is 1. The first kappa shape index (κ1) is 16.5. The van der Waals surface area contributed by atoms with Crippen molar-refractivity contribution < 1.29 is 4.42 Å². The van der Waals surface area contributed by atoms with Gasteiger partial charge in [-0.1, -0.05) is 24.3 Å². The van der Waals surface area contributed by atoms with Gasteiger partial charge in [0, 0.05) is 29.9 Å². The third-order valence-electron chi connectivity index (χ3n) is 4.97. The van der Waals surface area contributed by atoms with E-state index in [0.717, 1.165) is 38.9 Å². The number of hydrogen-bond acceptors (Lipinski definition) is 5. The van der Waals surface area contributed by atoms with Gasteiger partial charge in [0.1, 0.15) is 11.3 Å². The fourth-order valence-electron chi connectivity index (χ4n) is 3.58. The first-order valence-corrected chi connectivity index (χ1v) is 8.88. The molecule has 0 fully saturated rings. The van der Waals surface area contributed by atoms with Gasteiger partial charge in [-0.25, -0.2) is 5.10 Å². The molecule has 3 heterocycles. The lowest BCUT2D eigenvalue weighted by molar-refractivity contribution is 0.618. The number of hydrogen-bond donors (Lipinski definition) is 2. The molecule has 0 saturated heterocycles. The molecule has 5 aromatic rings. The molecule has 0 bridgehead atoms. The van der Waals surface area contributed by atoms with Crippen LogP contribution in [-0.2, 0) is 13.6 Å². The van der Waals surface area contributed by atoms with Gasteiger partial charge in [-0.15, -0.1) is 0 Å². The molecular formula is C21H17N5O2. The zero-order valence-electron chi connectivity index (χ0n) is 15.1. The van der Waals surface area contributed by atoms with E-state index in [2.05, 4.69) is 15.3 Å². The summed E-state index contributed by atoms with van der Waals surface area (Å²) in [6, 6.07) is 15.5. The smallest absolute Gasteiger partial charge is 0.272 e. The van der Waals surface area contributed by atoms with Crippen LogP contribution < -0.4 is 11.3 Å². The van der Waals surface area contributed by atoms with Crippen molar-refractivity contribution in [3.63, 3.8) is 0 Å². The molecule has 2 aromatic carbocycles. The van der Waals surface area contributed by atoms with Crippen LogP contribution in [0.2, 0.25) is 0 Å². The Morgan fingerprint density at radius 1 is 1.14 bits per heavy atom. The predicted octanol–water partition coefficient (Wildman–Crippen LogP) is 3.20. The largest absolute Gasteiger partial charge is 0.454 e. The van der Waals surface area contributed by atoms with Crippen molar-refractivity contribution in [2.24, 2.45) is 12.8 Å². The Kier molecular flexibility index (Phi) is 3.63. The van der Waals surface area contributed by atoms with Crippen molar-refractivity contribution in [2.75, 3.05) is 0 Å². The van der Waals surface area contributed by atoms with Crippen LogP contribution in [-0.4, -0.2) is 20.0 Å². The zero-order chi connectivity index (χ0) is 19.3. The van der Waals surface area contributed by atoms with Gasteiger partial charge in [0.05, 0.1) is 17.3 Å². The molecule has 0 spiro atoms. The molecule has 7 heteroatoms. The van der Waals surface area contributed by atoms with Crippen LogP contribution in [0, 0.1) is 0 Å². The third-order valence-corrected chi connectivity index (χ3v) is 4.97. The highest BCUT2D eigenvalue weighted by Gasteiger charge is 2.18. The standard InChI is InChI=1S/C21H17N5O2/c1-26-20(19-9-13-4-2-3-5-18(13)28-19)16(11-23-26)12-6-7-14-15(8-12)17(10-22)24-25-21(14)27/h2-9,11H,10,22H2,1H3,(H,25,27). The van der Waals surface area contributed by atoms with Gasteiger partial charge in [-0.3, -0.25) is 9.48 Å². The van der Waals surface area contributed by atoms with E-state index in [1.54, 1.807) is 16.9 Å². The first-order valence-electron chi connectivity index (χ1n) is 8.88. The van der Waals surface area contributed by atoms with Crippen molar-refractivity contribution >= 4 is 21.7 Å². The van der Waals surface area contributed by atoms with E-state index in [0.29, 0.717) is 11.1 Å². The maximum atomic E-state index is 12.1. The maximum Gasteiger partial charge on any atom is 0.272 e. The molecule has 0 amide bonds. The number of para-hydroxylation sites is 1. The minimum atomic E-state index is -0.234. The molecule has 28 heavy (non-hydrogen) atoms. The van der Waals surface area contributed by atoms with Crippen molar-refractivity contribution in [3.8, 4) is 22.6 Å². The van der Waals surface area contributed by atoms with Crippen molar-refractivity contribution in [2.45, 2.75) is 6.54 Å². The maximum absolute atomic E-state index is 12.1. The highest BCUT2D eigenvalue weighted by atomic mass is 16.3. The van der Waals surface area contributed by atoms with Crippen LogP contribution in [0.4, 0.5) is 0 Å². The molecule has 138 valence electrons. The molecular weight excluding hydrogens is 354 g/mol. The first-order chi connectivity index (χ1) is 13.7. The lowest BCUT2D eigenvalue weighted by atomic mass is 10.0. The number of nitrogens with one attached hydrogen (secondary N) is 1. The summed E-state index contributed by atoms with van der Waals surface area (Å²) < 4.78 is 7.85. The Hall–Kier alpha value is -3.71. The lowest BCUT2D eigenvalue weighted by Crippen LogP contribution is -2.13. The average molecular weight is 371 g/mol. The van der Waals surface area contributed by atoms with E-state index in [-0.39, 0.29) is 12.1 Å². The number of benzene rings is 2. The predicted molar refractivity (Wildman–Crippen MR) is 108 cm³/mol. The second-order valence-corrected chi connectivity index (χ2v) is 6.64. The summed E-state index contributed by atoms with van der Waals surface area (Å²) in [5.41, 5.74) is 9.73. The van der Waals surface area contributed by atoms with Crippen LogP contribution in [0.3, 0.4) is 0 Å². The Balaban J connectivity index is 1.74. The average Bonchev–Trinajstić information content (AvgIpc) is 3.31. The van der Waals surface area contributed by atoms with Gasteiger partial charge in [-0.05, 0) is 29.8 Å². The number of rotatable bonds is 3. The number of furan rings is 1. The van der Waals surface area contributed by atoms with Crippen LogP contribution >= 0.6 is 0 Å². The number of aromatic amines is 1. The van der Waals surface area contributed by atoms with Gasteiger partial charge >= 0.3 is 0 Å². The highest BCUT2D eigenvalue weighted by molar-refractivity contribution is 5.92. The van der Waals surface area contributed by atoms with Crippen molar-refractivity contribution in [1.29, 1.82) is 0 Å². The molecule has 0 radical (unpaired) electrons. The Morgan fingerprint density at radius 2 is 2.00 bits per heavy atom. The summed E-state index contributed by atoms with van der Waals surface area (Å²) in [7, 11) is 1.88. The Labute approximate surface area is 159 Å². The van der Waals surface area contributed by atoms with Gasteiger partial charge in [0.25, 0.3) is 5.56 Å². The molecule has 3 N–H and O–H groups in total. The Bertz CT molecular complexity index is 1360. The zero-order valence-corrected chi connectivity index (χ0v) is 15.1. The molecule has 7 nitrogen and oxygen atoms in total. The van der Waals surface area contributed by atoms with E-state index in [1.165, 1.54) is 0 Å². The van der Waals surface area contributed by atoms with Crippen molar-refractivity contribution in [1.82, 2.24) is 20.0 Å². The lowest BCUT2D eigenvalue weighted by Gasteiger charge is -2.07. The van der Waals surface area contributed by atoms with Crippen LogP contribution in [0.1, 0.15) is 5.69 Å². The molecule has 5 rings (SSSR count). The molecule has 0 unspecified atom stereocenters. The normalized spacial score (nSPS) is 11.5. The molecule has 3 aromatic heterocycles. The van der Waals surface area contributed by atoms with Crippen LogP contribution in [0.15, 0.2) is 63.9 Å². The summed E-state index contributed by atoms with van der Waals surface area (Å²) in [5, 5.41) is 13.3. The van der Waals surface area contributed by atoms with E-state index in [9.17, 15) is 4.79 Å². The summed E-state index contributed by atoms with van der Waals surface area (Å²) in [6.07, 6.45) is 1.80. The molecule has 0 aliphatic rings. The Morgan fingerprint density at radius 3 is 2.82 bits per heavy atom. The highest BCUT2D eigenvalue weighted by Crippen LogP contribution is 2.36. The van der Waals surface area contributed by atoms with Gasteiger partial charge in [0.15, 0.2) is 5.76 Å². The number of fused-ring (bicyclic) bond motifs is 2. The summed E-state index contributed by atoms with van der Waals surface area (Å²) in [6.45, 7) is 0.236. The molecule has 0 atom stereocenters. The fourth-order valence-corrected chi connectivity index (χ4v) is 3.58. The van der Waals surface area contributed by atoms with Gasteiger partial charge < -0.3 is 10.2 Å². The summed E-state index contributed by atoms with van der Waals surface area (Å²) in [5.74, 6) is 0.736. The number of nitrogens with zero attached hydrogens (tertiary/aromatic N) is 3. The summed E-state index contributed by atoms with van der Waals surface area (Å²) in [4.78, 5) is 12.1.